The Hall–Kier alpha value is -2.32. The van der Waals surface area contributed by atoms with Crippen molar-refractivity contribution in [2.75, 3.05) is 5.32 Å². The lowest BCUT2D eigenvalue weighted by atomic mass is 9.65. The van der Waals surface area contributed by atoms with Crippen LogP contribution in [0.5, 0.6) is 0 Å². The fraction of sp³-hybridized carbons (Fsp3) is 0.542. The molecule has 2 aromatic rings. The number of sulfonamides is 1. The van der Waals surface area contributed by atoms with E-state index in [-0.39, 0.29) is 5.09 Å². The molecule has 0 fully saturated rings. The number of hydrogen-bond acceptors (Lipinski definition) is 5. The molecule has 1 unspecified atom stereocenters. The van der Waals surface area contributed by atoms with Crippen LogP contribution < -0.4 is 10.0 Å². The number of aliphatic hydroxyl groups is 1. The molecule has 172 valence electrons. The van der Waals surface area contributed by atoms with E-state index in [0.717, 1.165) is 55.3 Å². The first-order valence-electron chi connectivity index (χ1n) is 11.4. The third-order valence-corrected chi connectivity index (χ3v) is 8.99. The Morgan fingerprint density at radius 3 is 2.25 bits per heavy atom. The van der Waals surface area contributed by atoms with Gasteiger partial charge in [0.1, 0.15) is 5.76 Å². The number of carbonyl (C=O) groups excluding carboxylic acids is 1. The molecule has 0 aliphatic heterocycles. The van der Waals surface area contributed by atoms with Crippen molar-refractivity contribution in [3.8, 4) is 0 Å². The van der Waals surface area contributed by atoms with E-state index in [1.54, 1.807) is 6.92 Å². The van der Waals surface area contributed by atoms with Crippen molar-refractivity contribution in [2.24, 2.45) is 5.41 Å². The molecule has 2 amide bonds. The first-order chi connectivity index (χ1) is 15.0. The fourth-order valence-electron chi connectivity index (χ4n) is 5.45. The normalized spacial score (nSPS) is 23.4. The zero-order valence-electron chi connectivity index (χ0n) is 18.8. The summed E-state index contributed by atoms with van der Waals surface area (Å²) in [6, 6.07) is 2.82. The first kappa shape index (κ1) is 21.5. The van der Waals surface area contributed by atoms with Gasteiger partial charge in [-0.3, -0.25) is 0 Å². The summed E-state index contributed by atoms with van der Waals surface area (Å²) < 4.78 is 33.6. The Kier molecular flexibility index (Phi) is 4.77. The summed E-state index contributed by atoms with van der Waals surface area (Å²) in [4.78, 5) is 12.8. The summed E-state index contributed by atoms with van der Waals surface area (Å²) >= 11 is 0. The molecule has 32 heavy (non-hydrogen) atoms. The summed E-state index contributed by atoms with van der Waals surface area (Å²) in [7, 11) is -4.23. The van der Waals surface area contributed by atoms with Crippen molar-refractivity contribution in [2.45, 2.75) is 82.8 Å². The molecule has 5 rings (SSSR count). The van der Waals surface area contributed by atoms with Gasteiger partial charge < -0.3 is 14.8 Å². The van der Waals surface area contributed by atoms with Crippen LogP contribution in [-0.2, 0) is 47.7 Å². The van der Waals surface area contributed by atoms with Gasteiger partial charge >= 0.3 is 6.03 Å². The highest BCUT2D eigenvalue weighted by molar-refractivity contribution is 7.89. The molecule has 7 nitrogen and oxygen atoms in total. The molecule has 3 aliphatic carbocycles. The molecule has 0 saturated carbocycles. The number of carbonyl (C=O) groups is 1. The highest BCUT2D eigenvalue weighted by atomic mass is 32.2. The molecular weight excluding hydrogens is 428 g/mol. The quantitative estimate of drug-likeness (QED) is 0.645. The highest BCUT2D eigenvalue weighted by Gasteiger charge is 2.47. The number of anilines is 1. The third kappa shape index (κ3) is 3.27. The van der Waals surface area contributed by atoms with Crippen molar-refractivity contribution in [3.63, 3.8) is 0 Å². The smallest absolute Gasteiger partial charge is 0.333 e. The molecule has 0 bridgehead atoms. The van der Waals surface area contributed by atoms with Gasteiger partial charge in [-0.1, -0.05) is 19.9 Å². The minimum Gasteiger partial charge on any atom is -0.447 e. The summed E-state index contributed by atoms with van der Waals surface area (Å²) in [5, 5.41) is 13.5. The Balaban J connectivity index is 1.41. The van der Waals surface area contributed by atoms with Crippen LogP contribution >= 0.6 is 0 Å². The van der Waals surface area contributed by atoms with Gasteiger partial charge in [-0.15, -0.1) is 0 Å². The molecule has 1 heterocycles. The Bertz CT molecular complexity index is 1190. The molecular formula is C24H30N2O5S. The molecule has 0 spiro atoms. The average Bonchev–Trinajstić information content (AvgIpc) is 3.43. The van der Waals surface area contributed by atoms with Gasteiger partial charge in [-0.25, -0.2) is 9.52 Å². The minimum absolute atomic E-state index is 0.348. The predicted molar refractivity (Wildman–Crippen MR) is 120 cm³/mol. The number of hydrogen-bond donors (Lipinski definition) is 3. The van der Waals surface area contributed by atoms with Crippen LogP contribution in [0.2, 0.25) is 0 Å². The maximum atomic E-state index is 12.9. The van der Waals surface area contributed by atoms with E-state index in [1.807, 2.05) is 13.8 Å². The summed E-state index contributed by atoms with van der Waals surface area (Å²) in [6.45, 7) is 5.56. The van der Waals surface area contributed by atoms with Crippen LogP contribution in [0.1, 0.15) is 73.6 Å². The van der Waals surface area contributed by atoms with Crippen LogP contribution in [0, 0.1) is 5.41 Å². The average molecular weight is 459 g/mol. The van der Waals surface area contributed by atoms with Crippen LogP contribution in [-0.4, -0.2) is 19.6 Å². The number of amides is 2. The fourth-order valence-corrected chi connectivity index (χ4v) is 6.33. The monoisotopic (exact) mass is 458 g/mol. The van der Waals surface area contributed by atoms with Gasteiger partial charge in [-0.2, -0.15) is 8.42 Å². The summed E-state index contributed by atoms with van der Waals surface area (Å²) in [5.41, 5.74) is 4.36. The number of benzene rings is 1. The molecule has 8 heteroatoms. The van der Waals surface area contributed by atoms with Gasteiger partial charge in [0.2, 0.25) is 5.09 Å². The van der Waals surface area contributed by atoms with E-state index in [0.29, 0.717) is 24.2 Å². The molecule has 0 saturated heterocycles. The molecule has 1 atom stereocenters. The number of nitrogens with one attached hydrogen (secondary N) is 2. The maximum absolute atomic E-state index is 12.9. The molecule has 0 radical (unpaired) electrons. The van der Waals surface area contributed by atoms with Crippen molar-refractivity contribution < 1.29 is 22.7 Å². The van der Waals surface area contributed by atoms with Crippen LogP contribution in [0.15, 0.2) is 21.6 Å². The number of rotatable bonds is 3. The molecule has 1 aromatic carbocycles. The highest BCUT2D eigenvalue weighted by Crippen LogP contribution is 2.49. The van der Waals surface area contributed by atoms with Crippen LogP contribution in [0.4, 0.5) is 10.5 Å². The zero-order chi connectivity index (χ0) is 22.9. The van der Waals surface area contributed by atoms with Crippen LogP contribution in [0.3, 0.4) is 0 Å². The minimum atomic E-state index is -4.23. The van der Waals surface area contributed by atoms with Crippen molar-refractivity contribution in [1.29, 1.82) is 0 Å². The Morgan fingerprint density at radius 2 is 1.62 bits per heavy atom. The van der Waals surface area contributed by atoms with Gasteiger partial charge in [-0.05, 0) is 79.5 Å². The predicted octanol–water partition coefficient (Wildman–Crippen LogP) is 3.95. The van der Waals surface area contributed by atoms with E-state index in [9.17, 15) is 18.3 Å². The lowest BCUT2D eigenvalue weighted by molar-refractivity contribution is -0.0715. The topological polar surface area (TPSA) is 109 Å². The van der Waals surface area contributed by atoms with E-state index in [1.165, 1.54) is 17.2 Å². The van der Waals surface area contributed by atoms with E-state index in [4.69, 9.17) is 4.42 Å². The number of furan rings is 1. The first-order valence-corrected chi connectivity index (χ1v) is 12.8. The van der Waals surface area contributed by atoms with Gasteiger partial charge in [0.15, 0.2) is 0 Å². The lowest BCUT2D eigenvalue weighted by Gasteiger charge is -2.43. The second-order valence-corrected chi connectivity index (χ2v) is 11.8. The van der Waals surface area contributed by atoms with Gasteiger partial charge in [0.05, 0.1) is 5.60 Å². The molecule has 1 aromatic heterocycles. The van der Waals surface area contributed by atoms with Gasteiger partial charge in [0.25, 0.3) is 10.0 Å². The largest absolute Gasteiger partial charge is 0.447 e. The third-order valence-electron chi connectivity index (χ3n) is 7.81. The van der Waals surface area contributed by atoms with E-state index < -0.39 is 27.1 Å². The SMILES string of the molecule is CC1(C)CCc2oc(S(=O)(=O)NC(=O)Nc3c4c(cc5c3CCC5)CCC4)cc2C1(C)O. The maximum Gasteiger partial charge on any atom is 0.333 e. The summed E-state index contributed by atoms with van der Waals surface area (Å²) in [6.07, 6.45) is 7.04. The second-order valence-electron chi connectivity index (χ2n) is 10.2. The number of fused-ring (bicyclic) bond motifs is 3. The zero-order valence-corrected chi connectivity index (χ0v) is 19.6. The Morgan fingerprint density at radius 1 is 1.00 bits per heavy atom. The Labute approximate surface area is 188 Å². The van der Waals surface area contributed by atoms with Gasteiger partial charge in [0, 0.05) is 23.7 Å². The summed E-state index contributed by atoms with van der Waals surface area (Å²) in [5.74, 6) is 0.453. The van der Waals surface area contributed by atoms with E-state index in [2.05, 4.69) is 16.1 Å². The molecule has 3 aliphatic rings. The number of urea groups is 1. The standard InChI is InChI=1S/C24H30N2O5S/c1-23(2)11-10-19-18(24(23,3)28)13-20(31-19)32(29,30)26-22(27)25-21-16-8-4-6-14(16)12-15-7-5-9-17(15)21/h12-13,28H,4-11H2,1-3H3,(H2,25,26,27). The van der Waals surface area contributed by atoms with Crippen molar-refractivity contribution in [1.82, 2.24) is 4.72 Å². The number of aryl methyl sites for hydroxylation is 3. The van der Waals surface area contributed by atoms with E-state index >= 15 is 0 Å². The van der Waals surface area contributed by atoms with Crippen LogP contribution in [0.25, 0.3) is 0 Å². The van der Waals surface area contributed by atoms with Crippen molar-refractivity contribution in [3.05, 3.63) is 45.7 Å². The molecule has 3 N–H and O–H groups in total. The van der Waals surface area contributed by atoms with Crippen molar-refractivity contribution >= 4 is 21.7 Å². The lowest BCUT2D eigenvalue weighted by Crippen LogP contribution is -2.42. The second kappa shape index (κ2) is 7.09.